The van der Waals surface area contributed by atoms with Crippen LogP contribution < -0.4 is 5.32 Å². The molecule has 0 saturated carbocycles. The number of hydrogen-bond acceptors (Lipinski definition) is 3. The average molecular weight is 457 g/mol. The Hall–Kier alpha value is -4.00. The number of rotatable bonds is 5. The number of carbonyl (C=O) groups excluding carboxylic acids is 2. The zero-order valence-electron chi connectivity index (χ0n) is 18.7. The zero-order chi connectivity index (χ0) is 23.5. The highest BCUT2D eigenvalue weighted by Gasteiger charge is 2.29. The lowest BCUT2D eigenvalue weighted by Gasteiger charge is -2.32. The van der Waals surface area contributed by atoms with Gasteiger partial charge in [0.15, 0.2) is 5.69 Å². The maximum atomic E-state index is 13.2. The molecule has 3 heterocycles. The van der Waals surface area contributed by atoms with Crippen molar-refractivity contribution in [1.29, 1.82) is 0 Å². The van der Waals surface area contributed by atoms with Crippen LogP contribution in [0.3, 0.4) is 0 Å². The summed E-state index contributed by atoms with van der Waals surface area (Å²) in [7, 11) is 0. The fourth-order valence-electron chi connectivity index (χ4n) is 4.52. The molecule has 0 bridgehead atoms. The van der Waals surface area contributed by atoms with Crippen LogP contribution in [0, 0.1) is 5.82 Å². The second-order valence-electron chi connectivity index (χ2n) is 8.54. The lowest BCUT2D eigenvalue weighted by molar-refractivity contribution is 0.0703. The minimum atomic E-state index is -0.313. The molecule has 1 saturated heterocycles. The number of fused-ring (bicyclic) bond motifs is 1. The highest BCUT2D eigenvalue weighted by atomic mass is 19.1. The Bertz CT molecular complexity index is 1320. The van der Waals surface area contributed by atoms with Gasteiger partial charge in [-0.05, 0) is 54.8 Å². The van der Waals surface area contributed by atoms with Crippen molar-refractivity contribution in [2.24, 2.45) is 0 Å². The fraction of sp³-hybridized carbons (Fsp3) is 0.222. The van der Waals surface area contributed by atoms with Gasteiger partial charge in [-0.3, -0.25) is 9.59 Å². The molecule has 2 aromatic carbocycles. The molecule has 0 radical (unpaired) electrons. The molecule has 4 aromatic rings. The largest absolute Gasteiger partial charge is 0.347 e. The normalized spacial score (nSPS) is 15.9. The van der Waals surface area contributed by atoms with Gasteiger partial charge in [0, 0.05) is 37.3 Å². The third kappa shape index (κ3) is 4.41. The van der Waals surface area contributed by atoms with Gasteiger partial charge in [0.1, 0.15) is 11.6 Å². The SMILES string of the molecule is O=C(NCc1ccc(F)cc1)c1nc([C@@H]2CCCN(C(=O)c3ccccc3)C2)n2ccccc12. The van der Waals surface area contributed by atoms with Gasteiger partial charge in [0.05, 0.1) is 5.52 Å². The smallest absolute Gasteiger partial charge is 0.272 e. The fourth-order valence-corrected chi connectivity index (χ4v) is 4.52. The molecule has 0 unspecified atom stereocenters. The Morgan fingerprint density at radius 1 is 1.00 bits per heavy atom. The van der Waals surface area contributed by atoms with E-state index in [-0.39, 0.29) is 30.1 Å². The van der Waals surface area contributed by atoms with E-state index in [4.69, 9.17) is 4.98 Å². The number of halogens is 1. The number of nitrogens with zero attached hydrogens (tertiary/aromatic N) is 3. The molecule has 1 aliphatic heterocycles. The molecular formula is C27H25FN4O2. The van der Waals surface area contributed by atoms with Crippen molar-refractivity contribution in [1.82, 2.24) is 19.6 Å². The van der Waals surface area contributed by atoms with Crippen molar-refractivity contribution in [3.05, 3.63) is 107 Å². The number of nitrogens with one attached hydrogen (secondary N) is 1. The van der Waals surface area contributed by atoms with E-state index < -0.39 is 0 Å². The number of hydrogen-bond donors (Lipinski definition) is 1. The molecule has 7 heteroatoms. The molecule has 0 spiro atoms. The molecule has 1 fully saturated rings. The van der Waals surface area contributed by atoms with Crippen molar-refractivity contribution in [3.8, 4) is 0 Å². The number of aromatic nitrogens is 2. The Labute approximate surface area is 197 Å². The standard InChI is InChI=1S/C27H25FN4O2/c28-22-13-11-19(12-14-22)17-29-26(33)24-23-10-4-5-16-32(23)25(30-24)21-9-6-15-31(18-21)27(34)20-7-2-1-3-8-20/h1-5,7-8,10-14,16,21H,6,9,15,17-18H2,(H,29,33)/t21-/m1/s1. The molecule has 34 heavy (non-hydrogen) atoms. The first-order valence-corrected chi connectivity index (χ1v) is 11.4. The number of carbonyl (C=O) groups is 2. The van der Waals surface area contributed by atoms with Crippen LogP contribution in [0.5, 0.6) is 0 Å². The van der Waals surface area contributed by atoms with Crippen LogP contribution in [0.4, 0.5) is 4.39 Å². The van der Waals surface area contributed by atoms with Crippen LogP contribution in [0.1, 0.15) is 51.0 Å². The van der Waals surface area contributed by atoms with Gasteiger partial charge in [-0.1, -0.05) is 36.4 Å². The summed E-state index contributed by atoms with van der Waals surface area (Å²) in [6.07, 6.45) is 3.67. The molecule has 2 amide bonds. The van der Waals surface area contributed by atoms with E-state index in [1.54, 1.807) is 12.1 Å². The van der Waals surface area contributed by atoms with E-state index in [0.29, 0.717) is 24.3 Å². The summed E-state index contributed by atoms with van der Waals surface area (Å²) in [5, 5.41) is 2.89. The monoisotopic (exact) mass is 456 g/mol. The van der Waals surface area contributed by atoms with Gasteiger partial charge < -0.3 is 14.6 Å². The number of likely N-dealkylation sites (tertiary alicyclic amines) is 1. The molecule has 5 rings (SSSR count). The highest BCUT2D eigenvalue weighted by molar-refractivity contribution is 5.99. The first-order valence-electron chi connectivity index (χ1n) is 11.4. The predicted octanol–water partition coefficient (Wildman–Crippen LogP) is 4.42. The second kappa shape index (κ2) is 9.47. The van der Waals surface area contributed by atoms with Crippen molar-refractivity contribution >= 4 is 17.3 Å². The second-order valence-corrected chi connectivity index (χ2v) is 8.54. The van der Waals surface area contributed by atoms with Crippen LogP contribution in [0.25, 0.3) is 5.52 Å². The van der Waals surface area contributed by atoms with Crippen molar-refractivity contribution in [2.45, 2.75) is 25.3 Å². The third-order valence-electron chi connectivity index (χ3n) is 6.25. The van der Waals surface area contributed by atoms with Gasteiger partial charge >= 0.3 is 0 Å². The number of amides is 2. The van der Waals surface area contributed by atoms with Gasteiger partial charge in [0.2, 0.25) is 0 Å². The summed E-state index contributed by atoms with van der Waals surface area (Å²) in [6.45, 7) is 1.54. The molecule has 2 aromatic heterocycles. The number of benzene rings is 2. The van der Waals surface area contributed by atoms with Crippen LogP contribution in [0.15, 0.2) is 79.0 Å². The Morgan fingerprint density at radius 3 is 2.56 bits per heavy atom. The van der Waals surface area contributed by atoms with Crippen LogP contribution in [-0.2, 0) is 6.54 Å². The van der Waals surface area contributed by atoms with Gasteiger partial charge in [0.25, 0.3) is 11.8 Å². The summed E-state index contributed by atoms with van der Waals surface area (Å²) < 4.78 is 15.1. The Kier molecular flexibility index (Phi) is 6.08. The Morgan fingerprint density at radius 2 is 1.76 bits per heavy atom. The van der Waals surface area contributed by atoms with Crippen molar-refractivity contribution in [2.75, 3.05) is 13.1 Å². The molecule has 1 N–H and O–H groups in total. The molecular weight excluding hydrogens is 431 g/mol. The zero-order valence-corrected chi connectivity index (χ0v) is 18.7. The topological polar surface area (TPSA) is 66.7 Å². The summed E-state index contributed by atoms with van der Waals surface area (Å²) in [5.41, 5.74) is 2.56. The first kappa shape index (κ1) is 21.8. The van der Waals surface area contributed by atoms with Gasteiger partial charge in [-0.2, -0.15) is 0 Å². The molecule has 1 aliphatic rings. The number of imidazole rings is 1. The molecule has 172 valence electrons. The predicted molar refractivity (Wildman–Crippen MR) is 127 cm³/mol. The Balaban J connectivity index is 1.38. The van der Waals surface area contributed by atoms with Crippen molar-refractivity contribution in [3.63, 3.8) is 0 Å². The molecule has 0 aliphatic carbocycles. The average Bonchev–Trinajstić information content (AvgIpc) is 3.28. The lowest BCUT2D eigenvalue weighted by atomic mass is 9.96. The summed E-state index contributed by atoms with van der Waals surface area (Å²) in [4.78, 5) is 32.7. The van der Waals surface area contributed by atoms with Gasteiger partial charge in [-0.15, -0.1) is 0 Å². The van der Waals surface area contributed by atoms with Crippen LogP contribution in [0.2, 0.25) is 0 Å². The minimum absolute atomic E-state index is 0.0171. The molecule has 6 nitrogen and oxygen atoms in total. The first-order chi connectivity index (χ1) is 16.6. The van der Waals surface area contributed by atoms with E-state index in [2.05, 4.69) is 5.32 Å². The summed E-state index contributed by atoms with van der Waals surface area (Å²) in [6, 6.07) is 21.0. The van der Waals surface area contributed by atoms with E-state index in [9.17, 15) is 14.0 Å². The van der Waals surface area contributed by atoms with E-state index >= 15 is 0 Å². The number of piperidine rings is 1. The van der Waals surface area contributed by atoms with E-state index in [1.165, 1.54) is 12.1 Å². The minimum Gasteiger partial charge on any atom is -0.347 e. The maximum Gasteiger partial charge on any atom is 0.272 e. The summed E-state index contributed by atoms with van der Waals surface area (Å²) >= 11 is 0. The number of pyridine rings is 1. The van der Waals surface area contributed by atoms with Crippen molar-refractivity contribution < 1.29 is 14.0 Å². The quantitative estimate of drug-likeness (QED) is 0.483. The third-order valence-corrected chi connectivity index (χ3v) is 6.25. The highest BCUT2D eigenvalue weighted by Crippen LogP contribution is 2.29. The van der Waals surface area contributed by atoms with Crippen LogP contribution >= 0.6 is 0 Å². The van der Waals surface area contributed by atoms with Crippen LogP contribution in [-0.4, -0.2) is 39.2 Å². The van der Waals surface area contributed by atoms with Gasteiger partial charge in [-0.25, -0.2) is 9.37 Å². The lowest BCUT2D eigenvalue weighted by Crippen LogP contribution is -2.39. The maximum absolute atomic E-state index is 13.2. The van der Waals surface area contributed by atoms with E-state index in [1.807, 2.05) is 64.0 Å². The van der Waals surface area contributed by atoms with E-state index in [0.717, 1.165) is 29.7 Å². The molecule has 1 atom stereocenters. The summed E-state index contributed by atoms with van der Waals surface area (Å²) in [5.74, 6) is 0.228.